The van der Waals surface area contributed by atoms with Gasteiger partial charge in [0, 0.05) is 9.82 Å². The van der Waals surface area contributed by atoms with Crippen LogP contribution in [0.25, 0.3) is 20.9 Å². The molecule has 106 valence electrons. The normalized spacial score (nSPS) is 9.14. The number of nitro groups is 3. The zero-order valence-electron chi connectivity index (χ0n) is 9.55. The Balaban J connectivity index is 4.12. The number of hydrogen-bond donors (Lipinski definition) is 0. The maximum absolute atomic E-state index is 10.9. The van der Waals surface area contributed by atoms with Crippen molar-refractivity contribution < 1.29 is 14.8 Å². The molecule has 0 spiro atoms. The minimum atomic E-state index is -1.33. The number of nitrogens with zero attached hydrogens (tertiary/aromatic N) is 9. The van der Waals surface area contributed by atoms with Gasteiger partial charge in [0.1, 0.15) is 0 Å². The Bertz CT molecular complexity index is 704. The molecule has 0 bridgehead atoms. The lowest BCUT2D eigenvalue weighted by atomic mass is 10.1. The minimum Gasteiger partial charge on any atom is -0.258 e. The SMILES string of the molecule is [N-]=[N+]=Nc1c([N+](=O)[O-])cc([N+](=O)[O-])c(N=[N+]=[N-])c1[N+](=O)[O-]. The van der Waals surface area contributed by atoms with Crippen LogP contribution in [0.4, 0.5) is 28.4 Å². The molecular formula is C6HN9O6. The van der Waals surface area contributed by atoms with Crippen LogP contribution in [0.5, 0.6) is 0 Å². The zero-order valence-corrected chi connectivity index (χ0v) is 9.55. The van der Waals surface area contributed by atoms with E-state index in [1.807, 2.05) is 0 Å². The predicted molar refractivity (Wildman–Crippen MR) is 64.0 cm³/mol. The van der Waals surface area contributed by atoms with Gasteiger partial charge >= 0.3 is 5.69 Å². The van der Waals surface area contributed by atoms with Crippen LogP contribution < -0.4 is 0 Å². The molecule has 1 aromatic rings. The van der Waals surface area contributed by atoms with E-state index in [2.05, 4.69) is 20.1 Å². The van der Waals surface area contributed by atoms with Crippen molar-refractivity contribution in [2.24, 2.45) is 10.2 Å². The monoisotopic (exact) mass is 295 g/mol. The minimum absolute atomic E-state index is 0.307. The molecule has 0 aliphatic rings. The molecule has 1 aromatic carbocycles. The number of nitro benzene ring substituents is 3. The molecule has 0 atom stereocenters. The van der Waals surface area contributed by atoms with Crippen molar-refractivity contribution in [3.05, 3.63) is 57.3 Å². The number of rotatable bonds is 5. The first kappa shape index (κ1) is 15.1. The number of benzene rings is 1. The van der Waals surface area contributed by atoms with Gasteiger partial charge in [0.25, 0.3) is 11.4 Å². The molecule has 0 amide bonds. The lowest BCUT2D eigenvalue weighted by molar-refractivity contribution is -0.400. The van der Waals surface area contributed by atoms with Gasteiger partial charge in [0.15, 0.2) is 11.4 Å². The fourth-order valence-corrected chi connectivity index (χ4v) is 1.36. The molecule has 0 fully saturated rings. The molecule has 15 nitrogen and oxygen atoms in total. The number of hydrogen-bond acceptors (Lipinski definition) is 8. The third kappa shape index (κ3) is 2.73. The Hall–Kier alpha value is -3.96. The van der Waals surface area contributed by atoms with Gasteiger partial charge < -0.3 is 0 Å². The van der Waals surface area contributed by atoms with Crippen molar-refractivity contribution >= 4 is 28.4 Å². The summed E-state index contributed by atoms with van der Waals surface area (Å²) < 4.78 is 0. The maximum atomic E-state index is 10.9. The highest BCUT2D eigenvalue weighted by molar-refractivity contribution is 5.86. The Kier molecular flexibility index (Phi) is 4.16. The molecular weight excluding hydrogens is 294 g/mol. The van der Waals surface area contributed by atoms with Crippen molar-refractivity contribution in [1.29, 1.82) is 0 Å². The van der Waals surface area contributed by atoms with E-state index < -0.39 is 43.2 Å². The molecule has 0 N–H and O–H groups in total. The summed E-state index contributed by atoms with van der Waals surface area (Å²) in [7, 11) is 0. The summed E-state index contributed by atoms with van der Waals surface area (Å²) in [4.78, 5) is 33.2. The van der Waals surface area contributed by atoms with Gasteiger partial charge in [-0.1, -0.05) is 0 Å². The highest BCUT2D eigenvalue weighted by Crippen LogP contribution is 2.49. The van der Waals surface area contributed by atoms with E-state index in [0.717, 1.165) is 0 Å². The van der Waals surface area contributed by atoms with E-state index in [4.69, 9.17) is 11.1 Å². The lowest BCUT2D eigenvalue weighted by Crippen LogP contribution is -1.98. The second-order valence-corrected chi connectivity index (χ2v) is 3.11. The molecule has 0 saturated carbocycles. The van der Waals surface area contributed by atoms with Crippen LogP contribution in [-0.2, 0) is 0 Å². The van der Waals surface area contributed by atoms with Crippen LogP contribution in [0.2, 0.25) is 0 Å². The average molecular weight is 295 g/mol. The van der Waals surface area contributed by atoms with Crippen LogP contribution >= 0.6 is 0 Å². The van der Waals surface area contributed by atoms with E-state index in [9.17, 15) is 30.3 Å². The Morgan fingerprint density at radius 2 is 1.24 bits per heavy atom. The molecule has 0 aliphatic carbocycles. The third-order valence-electron chi connectivity index (χ3n) is 2.07. The fraction of sp³-hybridized carbons (Fsp3) is 0. The van der Waals surface area contributed by atoms with E-state index in [1.54, 1.807) is 0 Å². The molecule has 21 heavy (non-hydrogen) atoms. The fourth-order valence-electron chi connectivity index (χ4n) is 1.36. The Labute approximate surface area is 112 Å². The van der Waals surface area contributed by atoms with Crippen LogP contribution in [0.15, 0.2) is 16.3 Å². The first-order valence-electron chi connectivity index (χ1n) is 4.59. The third-order valence-corrected chi connectivity index (χ3v) is 2.07. The highest BCUT2D eigenvalue weighted by Gasteiger charge is 2.35. The van der Waals surface area contributed by atoms with Crippen molar-refractivity contribution in [1.82, 2.24) is 0 Å². The highest BCUT2D eigenvalue weighted by atomic mass is 16.6. The second-order valence-electron chi connectivity index (χ2n) is 3.11. The molecule has 0 saturated heterocycles. The Morgan fingerprint density at radius 3 is 1.48 bits per heavy atom. The number of azide groups is 2. The molecule has 0 aliphatic heterocycles. The van der Waals surface area contributed by atoms with E-state index in [0.29, 0.717) is 6.07 Å². The van der Waals surface area contributed by atoms with Crippen molar-refractivity contribution in [3.8, 4) is 0 Å². The summed E-state index contributed by atoms with van der Waals surface area (Å²) in [5.74, 6) is 0. The van der Waals surface area contributed by atoms with Crippen LogP contribution in [-0.4, -0.2) is 14.8 Å². The quantitative estimate of drug-likeness (QED) is 0.259. The van der Waals surface area contributed by atoms with Crippen molar-refractivity contribution in [3.63, 3.8) is 0 Å². The second kappa shape index (κ2) is 5.79. The van der Waals surface area contributed by atoms with E-state index in [1.165, 1.54) is 0 Å². The van der Waals surface area contributed by atoms with Gasteiger partial charge in [-0.15, -0.1) is 0 Å². The van der Waals surface area contributed by atoms with Crippen LogP contribution in [0.1, 0.15) is 0 Å². The van der Waals surface area contributed by atoms with Gasteiger partial charge in [-0.25, -0.2) is 0 Å². The molecule has 15 heteroatoms. The molecule has 0 aromatic heterocycles. The summed E-state index contributed by atoms with van der Waals surface area (Å²) in [6.45, 7) is 0. The van der Waals surface area contributed by atoms with Gasteiger partial charge in [-0.05, 0) is 21.3 Å². The largest absolute Gasteiger partial charge is 0.302 e. The average Bonchev–Trinajstić information content (AvgIpc) is 2.38. The molecule has 0 heterocycles. The van der Waals surface area contributed by atoms with Gasteiger partial charge in [0.2, 0.25) is 0 Å². The van der Waals surface area contributed by atoms with Gasteiger partial charge in [-0.3, -0.25) is 30.3 Å². The summed E-state index contributed by atoms with van der Waals surface area (Å²) in [5.41, 5.74) is 10.8. The predicted octanol–water partition coefficient (Wildman–Crippen LogP) is 3.29. The van der Waals surface area contributed by atoms with Crippen LogP contribution in [0, 0.1) is 30.3 Å². The first-order valence-corrected chi connectivity index (χ1v) is 4.59. The summed E-state index contributed by atoms with van der Waals surface area (Å²) >= 11 is 0. The van der Waals surface area contributed by atoms with Gasteiger partial charge in [-0.2, -0.15) is 0 Å². The van der Waals surface area contributed by atoms with E-state index in [-0.39, 0.29) is 0 Å². The standard InChI is InChI=1S/C6HN9O6/c7-11-9-4-2(13(16)17)1-3(14(18)19)5(10-12-8)6(4)15(20)21/h1H. The summed E-state index contributed by atoms with van der Waals surface area (Å²) in [6.07, 6.45) is 0. The van der Waals surface area contributed by atoms with Crippen molar-refractivity contribution in [2.75, 3.05) is 0 Å². The summed E-state index contributed by atoms with van der Waals surface area (Å²) in [5, 5.41) is 38.1. The van der Waals surface area contributed by atoms with Crippen LogP contribution in [0.3, 0.4) is 0 Å². The summed E-state index contributed by atoms with van der Waals surface area (Å²) in [6, 6.07) is 0.307. The Morgan fingerprint density at radius 1 is 0.857 bits per heavy atom. The van der Waals surface area contributed by atoms with E-state index >= 15 is 0 Å². The zero-order chi connectivity index (χ0) is 16.2. The first-order chi connectivity index (χ1) is 9.84. The maximum Gasteiger partial charge on any atom is 0.302 e. The van der Waals surface area contributed by atoms with Gasteiger partial charge in [0.05, 0.1) is 20.8 Å². The smallest absolute Gasteiger partial charge is 0.258 e. The topological polar surface area (TPSA) is 227 Å². The van der Waals surface area contributed by atoms with Crippen molar-refractivity contribution in [2.45, 2.75) is 0 Å². The lowest BCUT2D eigenvalue weighted by Gasteiger charge is -2.02. The molecule has 0 radical (unpaired) electrons. The molecule has 0 unspecified atom stereocenters. The molecule has 1 rings (SSSR count).